The molecular formula is C4H5N3S. The second-order valence-corrected chi connectivity index (χ2v) is 2.52. The second kappa shape index (κ2) is 1.51. The van der Waals surface area contributed by atoms with Crippen molar-refractivity contribution < 1.29 is 0 Å². The molecule has 0 bridgehead atoms. The summed E-state index contributed by atoms with van der Waals surface area (Å²) in [6, 6.07) is 0. The zero-order valence-electron chi connectivity index (χ0n) is 4.09. The number of rotatable bonds is 1. The maximum Gasteiger partial charge on any atom is 0.136 e. The van der Waals surface area contributed by atoms with E-state index in [1.54, 1.807) is 11.3 Å². The molecule has 0 spiro atoms. The van der Waals surface area contributed by atoms with E-state index in [1.807, 2.05) is 11.6 Å². The van der Waals surface area contributed by atoms with Gasteiger partial charge in [0.1, 0.15) is 11.2 Å². The molecule has 0 amide bonds. The zero-order valence-corrected chi connectivity index (χ0v) is 4.90. The summed E-state index contributed by atoms with van der Waals surface area (Å²) in [4.78, 5) is 4.07. The average molecular weight is 127 g/mol. The van der Waals surface area contributed by atoms with Crippen molar-refractivity contribution in [3.63, 3.8) is 0 Å². The quantitative estimate of drug-likeness (QED) is 0.532. The Hall–Kier alpha value is -0.450. The Morgan fingerprint density at radius 2 is 2.50 bits per heavy atom. The summed E-state index contributed by atoms with van der Waals surface area (Å²) in [7, 11) is 0. The summed E-state index contributed by atoms with van der Waals surface area (Å²) in [5.41, 5.74) is 5.87. The number of hydrazine groups is 1. The lowest BCUT2D eigenvalue weighted by atomic mass is 10.6. The summed E-state index contributed by atoms with van der Waals surface area (Å²) in [5, 5.41) is 3.08. The second-order valence-electron chi connectivity index (χ2n) is 1.59. The predicted octanol–water partition coefficient (Wildman–Crippen LogP) is 0.249. The fourth-order valence-electron chi connectivity index (χ4n) is 0.542. The minimum atomic E-state index is 0.343. The van der Waals surface area contributed by atoms with Gasteiger partial charge in [0.2, 0.25) is 0 Å². The van der Waals surface area contributed by atoms with Gasteiger partial charge in [-0.2, -0.15) is 0 Å². The van der Waals surface area contributed by atoms with Gasteiger partial charge >= 0.3 is 0 Å². The highest BCUT2D eigenvalue weighted by atomic mass is 32.1. The molecule has 2 heterocycles. The molecule has 3 nitrogen and oxygen atoms in total. The molecule has 1 aromatic heterocycles. The molecule has 0 atom stereocenters. The van der Waals surface area contributed by atoms with Crippen LogP contribution in [0.1, 0.15) is 11.2 Å². The van der Waals surface area contributed by atoms with Crippen molar-refractivity contribution in [2.24, 2.45) is 0 Å². The first-order valence-corrected chi connectivity index (χ1v) is 3.25. The van der Waals surface area contributed by atoms with E-state index in [0.29, 0.717) is 6.17 Å². The maximum atomic E-state index is 4.07. The predicted molar refractivity (Wildman–Crippen MR) is 31.1 cm³/mol. The molecule has 1 aromatic rings. The van der Waals surface area contributed by atoms with Gasteiger partial charge in [0.05, 0.1) is 0 Å². The van der Waals surface area contributed by atoms with Crippen molar-refractivity contribution in [1.29, 1.82) is 0 Å². The fraction of sp³-hybridized carbons (Fsp3) is 0.250. The molecule has 0 unspecified atom stereocenters. The third-order valence-corrected chi connectivity index (χ3v) is 1.83. The highest BCUT2D eigenvalue weighted by Gasteiger charge is 2.23. The monoisotopic (exact) mass is 127 g/mol. The van der Waals surface area contributed by atoms with Crippen LogP contribution >= 0.6 is 11.3 Å². The molecule has 0 aliphatic carbocycles. The average Bonchev–Trinajstić information content (AvgIpc) is 2.49. The van der Waals surface area contributed by atoms with Crippen LogP contribution in [-0.2, 0) is 0 Å². The van der Waals surface area contributed by atoms with Crippen LogP contribution in [0, 0.1) is 0 Å². The molecule has 8 heavy (non-hydrogen) atoms. The lowest BCUT2D eigenvalue weighted by molar-refractivity contribution is 1.03. The van der Waals surface area contributed by atoms with E-state index in [-0.39, 0.29) is 0 Å². The van der Waals surface area contributed by atoms with Crippen LogP contribution in [0.2, 0.25) is 0 Å². The first-order valence-electron chi connectivity index (χ1n) is 2.37. The normalized spacial score (nSPS) is 19.0. The van der Waals surface area contributed by atoms with Gasteiger partial charge in [0.15, 0.2) is 0 Å². The number of aromatic nitrogens is 1. The lowest BCUT2D eigenvalue weighted by Gasteiger charge is -1.77. The highest BCUT2D eigenvalue weighted by Crippen LogP contribution is 2.17. The molecule has 2 rings (SSSR count). The Morgan fingerprint density at radius 3 is 3.00 bits per heavy atom. The highest BCUT2D eigenvalue weighted by molar-refractivity contribution is 7.09. The Labute approximate surface area is 50.7 Å². The van der Waals surface area contributed by atoms with E-state index >= 15 is 0 Å². The number of thiazole rings is 1. The summed E-state index contributed by atoms with van der Waals surface area (Å²) >= 11 is 1.66. The van der Waals surface area contributed by atoms with Crippen molar-refractivity contribution in [2.75, 3.05) is 0 Å². The number of hydrogen-bond acceptors (Lipinski definition) is 4. The number of nitrogens with zero attached hydrogens (tertiary/aromatic N) is 1. The minimum absolute atomic E-state index is 0.343. The number of hydrogen-bond donors (Lipinski definition) is 2. The van der Waals surface area contributed by atoms with Gasteiger partial charge in [-0.05, 0) is 0 Å². The van der Waals surface area contributed by atoms with E-state index in [9.17, 15) is 0 Å². The van der Waals surface area contributed by atoms with Crippen LogP contribution in [-0.4, -0.2) is 4.98 Å². The Kier molecular flexibility index (Phi) is 0.838. The van der Waals surface area contributed by atoms with Gasteiger partial charge in [-0.25, -0.2) is 15.8 Å². The molecule has 42 valence electrons. The molecule has 1 aliphatic rings. The maximum absolute atomic E-state index is 4.07. The van der Waals surface area contributed by atoms with Crippen molar-refractivity contribution in [1.82, 2.24) is 15.8 Å². The van der Waals surface area contributed by atoms with Gasteiger partial charge in [0, 0.05) is 11.6 Å². The first-order chi connectivity index (χ1) is 3.97. The van der Waals surface area contributed by atoms with Crippen molar-refractivity contribution in [3.05, 3.63) is 16.6 Å². The Morgan fingerprint density at radius 1 is 1.62 bits per heavy atom. The van der Waals surface area contributed by atoms with E-state index in [0.717, 1.165) is 5.01 Å². The topological polar surface area (TPSA) is 56.8 Å². The van der Waals surface area contributed by atoms with Gasteiger partial charge < -0.3 is 0 Å². The number of nitrogens with one attached hydrogen (secondary N) is 2. The van der Waals surface area contributed by atoms with E-state index < -0.39 is 0 Å². The molecule has 4 heteroatoms. The van der Waals surface area contributed by atoms with Gasteiger partial charge in [-0.1, -0.05) is 0 Å². The first kappa shape index (κ1) is 4.43. The van der Waals surface area contributed by atoms with Crippen molar-refractivity contribution in [2.45, 2.75) is 6.17 Å². The van der Waals surface area contributed by atoms with Crippen LogP contribution in [0.4, 0.5) is 0 Å². The minimum Gasteiger partial charge on any atom is -0.246 e. The van der Waals surface area contributed by atoms with Gasteiger partial charge in [-0.3, -0.25) is 0 Å². The lowest BCUT2D eigenvalue weighted by Crippen LogP contribution is -1.79. The van der Waals surface area contributed by atoms with Crippen molar-refractivity contribution in [3.8, 4) is 0 Å². The summed E-state index contributed by atoms with van der Waals surface area (Å²) in [6.45, 7) is 0. The van der Waals surface area contributed by atoms with E-state index in [4.69, 9.17) is 0 Å². The largest absolute Gasteiger partial charge is 0.246 e. The molecule has 1 aliphatic heterocycles. The van der Waals surface area contributed by atoms with Crippen LogP contribution < -0.4 is 10.9 Å². The van der Waals surface area contributed by atoms with E-state index in [1.165, 1.54) is 0 Å². The smallest absolute Gasteiger partial charge is 0.136 e. The third kappa shape index (κ3) is 0.626. The SMILES string of the molecule is c1csc(C2NN2)n1. The van der Waals surface area contributed by atoms with Gasteiger partial charge in [0.25, 0.3) is 0 Å². The third-order valence-electron chi connectivity index (χ3n) is 0.987. The standard InChI is InChI=1S/C4H5N3S/c1-2-8-4(5-1)3-6-7-3/h1-3,6-7H. The van der Waals surface area contributed by atoms with Crippen LogP contribution in [0.5, 0.6) is 0 Å². The molecular weight excluding hydrogens is 122 g/mol. The molecule has 1 fully saturated rings. The summed E-state index contributed by atoms with van der Waals surface area (Å²) in [6.07, 6.45) is 2.15. The molecule has 0 aromatic carbocycles. The molecule has 1 saturated heterocycles. The molecule has 0 saturated carbocycles. The van der Waals surface area contributed by atoms with Crippen LogP contribution in [0.3, 0.4) is 0 Å². The zero-order chi connectivity index (χ0) is 5.40. The van der Waals surface area contributed by atoms with E-state index in [2.05, 4.69) is 15.8 Å². The van der Waals surface area contributed by atoms with Crippen molar-refractivity contribution >= 4 is 11.3 Å². The molecule has 2 N–H and O–H groups in total. The fourth-order valence-corrected chi connectivity index (χ4v) is 1.18. The summed E-state index contributed by atoms with van der Waals surface area (Å²) < 4.78 is 0. The van der Waals surface area contributed by atoms with Crippen LogP contribution in [0.15, 0.2) is 11.6 Å². The molecule has 0 radical (unpaired) electrons. The Bertz CT molecular complexity index is 167. The van der Waals surface area contributed by atoms with Crippen LogP contribution in [0.25, 0.3) is 0 Å². The summed E-state index contributed by atoms with van der Waals surface area (Å²) in [5.74, 6) is 0. The Balaban J connectivity index is 2.28. The van der Waals surface area contributed by atoms with Gasteiger partial charge in [-0.15, -0.1) is 11.3 Å².